The van der Waals surface area contributed by atoms with E-state index in [1.807, 2.05) is 16.9 Å². The minimum absolute atomic E-state index is 0. The van der Waals surface area contributed by atoms with E-state index < -0.39 is 0 Å². The van der Waals surface area contributed by atoms with Crippen LogP contribution in [0.5, 0.6) is 0 Å². The van der Waals surface area contributed by atoms with Crippen LogP contribution in [0.2, 0.25) is 0 Å². The predicted octanol–water partition coefficient (Wildman–Crippen LogP) is 2.92. The van der Waals surface area contributed by atoms with Crippen molar-refractivity contribution in [1.82, 2.24) is 20.4 Å². The molecule has 2 saturated heterocycles. The van der Waals surface area contributed by atoms with Gasteiger partial charge in [-0.15, -0.1) is 24.0 Å². The van der Waals surface area contributed by atoms with Gasteiger partial charge in [-0.05, 0) is 31.7 Å². The van der Waals surface area contributed by atoms with Crippen molar-refractivity contribution in [2.75, 3.05) is 6.54 Å². The molecule has 0 spiro atoms. The van der Waals surface area contributed by atoms with E-state index in [1.165, 1.54) is 12.0 Å². The van der Waals surface area contributed by atoms with Gasteiger partial charge in [0.25, 0.3) is 0 Å². The normalized spacial score (nSPS) is 23.9. The number of fused-ring (bicyclic) bond motifs is 2. The smallest absolute Gasteiger partial charge is 0.191 e. The van der Waals surface area contributed by atoms with Crippen molar-refractivity contribution in [1.29, 1.82) is 0 Å². The van der Waals surface area contributed by atoms with E-state index in [9.17, 15) is 0 Å². The van der Waals surface area contributed by atoms with E-state index >= 15 is 0 Å². The minimum Gasteiger partial charge on any atom is -0.373 e. The Morgan fingerprint density at radius 1 is 1.26 bits per heavy atom. The van der Waals surface area contributed by atoms with Gasteiger partial charge in [-0.3, -0.25) is 4.68 Å². The first-order chi connectivity index (χ1) is 12.8. The average molecular weight is 481 g/mol. The van der Waals surface area contributed by atoms with Gasteiger partial charge in [-0.2, -0.15) is 5.10 Å². The van der Waals surface area contributed by atoms with Gasteiger partial charge in [0, 0.05) is 18.3 Å². The Labute approximate surface area is 177 Å². The van der Waals surface area contributed by atoms with Gasteiger partial charge in [-0.25, -0.2) is 4.99 Å². The van der Waals surface area contributed by atoms with E-state index in [0.717, 1.165) is 37.5 Å². The molecule has 2 aromatic rings. The number of aromatic nitrogens is 2. The molecule has 1 aromatic carbocycles. The number of rotatable bonds is 6. The summed E-state index contributed by atoms with van der Waals surface area (Å²) >= 11 is 0. The second-order valence-electron chi connectivity index (χ2n) is 7.09. The molecular formula is C20H28IN5O. The Morgan fingerprint density at radius 3 is 2.81 bits per heavy atom. The number of benzene rings is 1. The molecule has 2 fully saturated rings. The fourth-order valence-corrected chi connectivity index (χ4v) is 3.80. The highest BCUT2D eigenvalue weighted by atomic mass is 127. The van der Waals surface area contributed by atoms with Gasteiger partial charge in [0.05, 0.1) is 37.5 Å². The fourth-order valence-electron chi connectivity index (χ4n) is 3.80. The maximum atomic E-state index is 5.93. The molecule has 7 heteroatoms. The number of ether oxygens (including phenoxy) is 1. The van der Waals surface area contributed by atoms with Crippen molar-refractivity contribution in [3.8, 4) is 0 Å². The molecule has 3 atom stereocenters. The van der Waals surface area contributed by atoms with Gasteiger partial charge >= 0.3 is 0 Å². The Bertz CT molecular complexity index is 748. The van der Waals surface area contributed by atoms with Crippen molar-refractivity contribution < 1.29 is 4.74 Å². The highest BCUT2D eigenvalue weighted by Crippen LogP contribution is 2.34. The molecule has 2 bridgehead atoms. The molecule has 0 radical (unpaired) electrons. The fraction of sp³-hybridized carbons (Fsp3) is 0.500. The summed E-state index contributed by atoms with van der Waals surface area (Å²) in [5, 5.41) is 11.4. The van der Waals surface area contributed by atoms with Crippen LogP contribution in [-0.2, 0) is 17.8 Å². The predicted molar refractivity (Wildman–Crippen MR) is 117 cm³/mol. The molecule has 2 aliphatic heterocycles. The molecule has 0 aliphatic carbocycles. The Balaban J connectivity index is 0.00000210. The number of halogens is 1. The third-order valence-corrected chi connectivity index (χ3v) is 5.07. The summed E-state index contributed by atoms with van der Waals surface area (Å²) in [6, 6.07) is 10.7. The van der Waals surface area contributed by atoms with Crippen molar-refractivity contribution >= 4 is 29.9 Å². The Kier molecular flexibility index (Phi) is 7.12. The van der Waals surface area contributed by atoms with Crippen LogP contribution in [0.3, 0.4) is 0 Å². The molecule has 27 heavy (non-hydrogen) atoms. The third kappa shape index (κ3) is 5.22. The third-order valence-electron chi connectivity index (χ3n) is 5.07. The largest absolute Gasteiger partial charge is 0.373 e. The van der Waals surface area contributed by atoms with Crippen molar-refractivity contribution in [3.05, 3.63) is 53.9 Å². The number of nitrogens with zero attached hydrogens (tertiary/aromatic N) is 3. The van der Waals surface area contributed by atoms with E-state index in [0.29, 0.717) is 24.8 Å². The molecule has 146 valence electrons. The zero-order valence-electron chi connectivity index (χ0n) is 15.7. The van der Waals surface area contributed by atoms with Gasteiger partial charge in [0.15, 0.2) is 5.96 Å². The first-order valence-corrected chi connectivity index (χ1v) is 9.55. The maximum absolute atomic E-state index is 5.93. The van der Waals surface area contributed by atoms with Crippen LogP contribution in [0.15, 0.2) is 47.7 Å². The number of hydrogen-bond acceptors (Lipinski definition) is 3. The lowest BCUT2D eigenvalue weighted by Gasteiger charge is -2.22. The van der Waals surface area contributed by atoms with Gasteiger partial charge < -0.3 is 15.4 Å². The SMILES string of the molecule is CCNC(=NCc1cnn(Cc2ccccc2)c1)NC1CC2CCC1O2.I. The molecule has 3 heterocycles. The molecule has 4 rings (SSSR count). The summed E-state index contributed by atoms with van der Waals surface area (Å²) < 4.78 is 7.89. The molecule has 0 saturated carbocycles. The topological polar surface area (TPSA) is 63.5 Å². The molecular weight excluding hydrogens is 453 g/mol. The molecule has 2 N–H and O–H groups in total. The van der Waals surface area contributed by atoms with E-state index in [2.05, 4.69) is 53.1 Å². The van der Waals surface area contributed by atoms with Crippen LogP contribution in [0.25, 0.3) is 0 Å². The van der Waals surface area contributed by atoms with E-state index in [-0.39, 0.29) is 24.0 Å². The van der Waals surface area contributed by atoms with Crippen LogP contribution < -0.4 is 10.6 Å². The van der Waals surface area contributed by atoms with E-state index in [4.69, 9.17) is 9.73 Å². The van der Waals surface area contributed by atoms with Crippen LogP contribution in [0.4, 0.5) is 0 Å². The van der Waals surface area contributed by atoms with Crippen LogP contribution >= 0.6 is 24.0 Å². The summed E-state index contributed by atoms with van der Waals surface area (Å²) in [6.45, 7) is 4.34. The zero-order valence-corrected chi connectivity index (χ0v) is 18.0. The maximum Gasteiger partial charge on any atom is 0.191 e. The quantitative estimate of drug-likeness (QED) is 0.379. The standard InChI is InChI=1S/C20H27N5O.HI/c1-2-21-20(24-18-10-17-8-9-19(18)26-17)22-11-16-12-23-25(14-16)13-15-6-4-3-5-7-15;/h3-7,12,14,17-19H,2,8-11,13H2,1H3,(H2,21,22,24);1H. The van der Waals surface area contributed by atoms with Crippen molar-refractivity contribution in [2.45, 2.75) is 57.5 Å². The molecule has 0 amide bonds. The Morgan fingerprint density at radius 2 is 2.11 bits per heavy atom. The molecule has 6 nitrogen and oxygen atoms in total. The lowest BCUT2D eigenvalue weighted by atomic mass is 9.96. The lowest BCUT2D eigenvalue weighted by molar-refractivity contribution is 0.0992. The van der Waals surface area contributed by atoms with Crippen molar-refractivity contribution in [3.63, 3.8) is 0 Å². The summed E-state index contributed by atoms with van der Waals surface area (Å²) in [4.78, 5) is 4.74. The molecule has 3 unspecified atom stereocenters. The van der Waals surface area contributed by atoms with E-state index in [1.54, 1.807) is 0 Å². The second kappa shape index (κ2) is 9.54. The average Bonchev–Trinajstić information content (AvgIpc) is 3.38. The summed E-state index contributed by atoms with van der Waals surface area (Å²) in [7, 11) is 0. The molecule has 1 aromatic heterocycles. The van der Waals surface area contributed by atoms with Crippen LogP contribution in [0.1, 0.15) is 37.3 Å². The van der Waals surface area contributed by atoms with Gasteiger partial charge in [0.1, 0.15) is 0 Å². The lowest BCUT2D eigenvalue weighted by Crippen LogP contribution is -2.47. The van der Waals surface area contributed by atoms with Crippen LogP contribution in [0, 0.1) is 0 Å². The highest BCUT2D eigenvalue weighted by molar-refractivity contribution is 14.0. The summed E-state index contributed by atoms with van der Waals surface area (Å²) in [6.07, 6.45) is 8.21. The Hall–Kier alpha value is -1.61. The second-order valence-corrected chi connectivity index (χ2v) is 7.09. The summed E-state index contributed by atoms with van der Waals surface area (Å²) in [5.74, 6) is 0.865. The monoisotopic (exact) mass is 481 g/mol. The minimum atomic E-state index is 0. The first-order valence-electron chi connectivity index (χ1n) is 9.55. The molecule has 2 aliphatic rings. The van der Waals surface area contributed by atoms with Crippen molar-refractivity contribution in [2.24, 2.45) is 4.99 Å². The highest BCUT2D eigenvalue weighted by Gasteiger charge is 2.41. The number of hydrogen-bond donors (Lipinski definition) is 2. The van der Waals surface area contributed by atoms with Gasteiger partial charge in [0.2, 0.25) is 0 Å². The number of nitrogens with one attached hydrogen (secondary N) is 2. The van der Waals surface area contributed by atoms with Crippen LogP contribution in [-0.4, -0.2) is 40.5 Å². The number of aliphatic imine (C=N–C) groups is 1. The first kappa shape index (κ1) is 20.1. The van der Waals surface area contributed by atoms with Gasteiger partial charge in [-0.1, -0.05) is 30.3 Å². The summed E-state index contributed by atoms with van der Waals surface area (Å²) in [5.41, 5.74) is 2.36. The number of guanidine groups is 1. The zero-order chi connectivity index (χ0) is 17.8.